The number of aliphatic hydroxyl groups excluding tert-OH is 2. The minimum absolute atomic E-state index is 0.210. The first kappa shape index (κ1) is 12.4. The van der Waals surface area contributed by atoms with Crippen LogP contribution in [0.4, 0.5) is 0 Å². The van der Waals surface area contributed by atoms with Crippen molar-refractivity contribution < 1.29 is 14.9 Å². The standard InChI is InChI=1S/C11H16O3S/c1-2-14-10-6-4-3-5-8(10)11(13)9(12)7-15/h3-6,9,11-13,15H,2,7H2,1H3. The van der Waals surface area contributed by atoms with Gasteiger partial charge in [-0.3, -0.25) is 0 Å². The van der Waals surface area contributed by atoms with E-state index in [-0.39, 0.29) is 5.75 Å². The average Bonchev–Trinajstić information content (AvgIpc) is 2.28. The number of aliphatic hydroxyl groups is 2. The number of thiol groups is 1. The van der Waals surface area contributed by atoms with Crippen LogP contribution < -0.4 is 4.74 Å². The van der Waals surface area contributed by atoms with Gasteiger partial charge in [0.05, 0.1) is 12.7 Å². The van der Waals surface area contributed by atoms with E-state index in [1.165, 1.54) is 0 Å². The Morgan fingerprint density at radius 3 is 2.60 bits per heavy atom. The summed E-state index contributed by atoms with van der Waals surface area (Å²) in [5.74, 6) is 0.815. The molecule has 1 aromatic carbocycles. The van der Waals surface area contributed by atoms with Crippen molar-refractivity contribution in [3.05, 3.63) is 29.8 Å². The second kappa shape index (κ2) is 6.00. The molecule has 0 aliphatic heterocycles. The van der Waals surface area contributed by atoms with Gasteiger partial charge in [-0.05, 0) is 13.0 Å². The first-order valence-corrected chi connectivity index (χ1v) is 5.52. The summed E-state index contributed by atoms with van der Waals surface area (Å²) in [6, 6.07) is 7.14. The van der Waals surface area contributed by atoms with Crippen molar-refractivity contribution in [2.45, 2.75) is 19.1 Å². The largest absolute Gasteiger partial charge is 0.493 e. The molecule has 0 amide bonds. The van der Waals surface area contributed by atoms with Crippen molar-refractivity contribution in [1.29, 1.82) is 0 Å². The lowest BCUT2D eigenvalue weighted by molar-refractivity contribution is 0.0319. The van der Waals surface area contributed by atoms with E-state index in [9.17, 15) is 10.2 Å². The van der Waals surface area contributed by atoms with Crippen molar-refractivity contribution >= 4 is 12.6 Å². The lowest BCUT2D eigenvalue weighted by Crippen LogP contribution is -2.20. The van der Waals surface area contributed by atoms with Crippen LogP contribution in [0.2, 0.25) is 0 Å². The van der Waals surface area contributed by atoms with Crippen molar-refractivity contribution in [3.63, 3.8) is 0 Å². The molecule has 0 aliphatic rings. The fraction of sp³-hybridized carbons (Fsp3) is 0.455. The second-order valence-electron chi connectivity index (χ2n) is 3.17. The summed E-state index contributed by atoms with van der Waals surface area (Å²) in [7, 11) is 0. The van der Waals surface area contributed by atoms with E-state index >= 15 is 0 Å². The van der Waals surface area contributed by atoms with Gasteiger partial charge in [0, 0.05) is 11.3 Å². The monoisotopic (exact) mass is 228 g/mol. The van der Waals surface area contributed by atoms with E-state index in [1.807, 2.05) is 13.0 Å². The first-order chi connectivity index (χ1) is 7.20. The normalized spacial score (nSPS) is 14.7. The molecule has 2 N–H and O–H groups in total. The summed E-state index contributed by atoms with van der Waals surface area (Å²) in [5.41, 5.74) is 0.598. The lowest BCUT2D eigenvalue weighted by Gasteiger charge is -2.19. The summed E-state index contributed by atoms with van der Waals surface area (Å²) in [6.07, 6.45) is -1.83. The molecule has 2 atom stereocenters. The van der Waals surface area contributed by atoms with E-state index < -0.39 is 12.2 Å². The number of ether oxygens (including phenoxy) is 1. The van der Waals surface area contributed by atoms with Crippen molar-refractivity contribution in [2.75, 3.05) is 12.4 Å². The maximum Gasteiger partial charge on any atom is 0.125 e. The van der Waals surface area contributed by atoms with E-state index in [2.05, 4.69) is 12.6 Å². The molecule has 0 aliphatic carbocycles. The Balaban J connectivity index is 2.91. The Morgan fingerprint density at radius 1 is 1.33 bits per heavy atom. The molecule has 0 heterocycles. The summed E-state index contributed by atoms with van der Waals surface area (Å²) in [5, 5.41) is 19.3. The molecule has 0 saturated carbocycles. The van der Waals surface area contributed by atoms with Gasteiger partial charge in [-0.25, -0.2) is 0 Å². The third-order valence-electron chi connectivity index (χ3n) is 2.09. The number of hydrogen-bond acceptors (Lipinski definition) is 4. The molecule has 2 unspecified atom stereocenters. The van der Waals surface area contributed by atoms with Crippen LogP contribution in [0.5, 0.6) is 5.75 Å². The fourth-order valence-electron chi connectivity index (χ4n) is 1.32. The van der Waals surface area contributed by atoms with E-state index in [4.69, 9.17) is 4.74 Å². The van der Waals surface area contributed by atoms with Crippen LogP contribution in [-0.4, -0.2) is 28.7 Å². The molecule has 15 heavy (non-hydrogen) atoms. The maximum absolute atomic E-state index is 9.82. The first-order valence-electron chi connectivity index (χ1n) is 4.89. The van der Waals surface area contributed by atoms with Crippen molar-refractivity contribution in [1.82, 2.24) is 0 Å². The third-order valence-corrected chi connectivity index (χ3v) is 2.46. The van der Waals surface area contributed by atoms with Crippen LogP contribution >= 0.6 is 12.6 Å². The predicted molar refractivity (Wildman–Crippen MR) is 62.4 cm³/mol. The van der Waals surface area contributed by atoms with E-state index in [0.29, 0.717) is 17.9 Å². The predicted octanol–water partition coefficient (Wildman–Crippen LogP) is 1.41. The topological polar surface area (TPSA) is 49.7 Å². The average molecular weight is 228 g/mol. The number of hydrogen-bond donors (Lipinski definition) is 3. The number of para-hydroxylation sites is 1. The molecule has 84 valence electrons. The number of benzene rings is 1. The molecule has 0 fully saturated rings. The zero-order chi connectivity index (χ0) is 11.3. The molecule has 0 radical (unpaired) electrons. The highest BCUT2D eigenvalue weighted by Gasteiger charge is 2.20. The highest BCUT2D eigenvalue weighted by atomic mass is 32.1. The lowest BCUT2D eigenvalue weighted by atomic mass is 10.0. The maximum atomic E-state index is 9.82. The molecule has 1 rings (SSSR count). The van der Waals surface area contributed by atoms with Gasteiger partial charge in [-0.15, -0.1) is 0 Å². The van der Waals surface area contributed by atoms with Crippen LogP contribution in [0.25, 0.3) is 0 Å². The zero-order valence-corrected chi connectivity index (χ0v) is 9.52. The van der Waals surface area contributed by atoms with Crippen molar-refractivity contribution in [2.24, 2.45) is 0 Å². The van der Waals surface area contributed by atoms with Crippen molar-refractivity contribution in [3.8, 4) is 5.75 Å². The molecule has 1 aromatic rings. The van der Waals surface area contributed by atoms with Crippen LogP contribution in [0.1, 0.15) is 18.6 Å². The van der Waals surface area contributed by atoms with E-state index in [0.717, 1.165) is 0 Å². The number of rotatable bonds is 5. The second-order valence-corrected chi connectivity index (χ2v) is 3.53. The Bertz CT molecular complexity index is 304. The van der Waals surface area contributed by atoms with Gasteiger partial charge in [-0.1, -0.05) is 18.2 Å². The van der Waals surface area contributed by atoms with E-state index in [1.54, 1.807) is 18.2 Å². The summed E-state index contributed by atoms with van der Waals surface area (Å²) in [6.45, 7) is 2.40. The molecule has 0 bridgehead atoms. The van der Waals surface area contributed by atoms with Crippen LogP contribution in [0, 0.1) is 0 Å². The summed E-state index contributed by atoms with van der Waals surface area (Å²) < 4.78 is 5.36. The molecular weight excluding hydrogens is 212 g/mol. The summed E-state index contributed by atoms with van der Waals surface area (Å²) in [4.78, 5) is 0. The van der Waals surface area contributed by atoms with Gasteiger partial charge in [-0.2, -0.15) is 12.6 Å². The molecular formula is C11H16O3S. The Hall–Kier alpha value is -0.710. The van der Waals surface area contributed by atoms with Crippen LogP contribution in [0.15, 0.2) is 24.3 Å². The highest BCUT2D eigenvalue weighted by molar-refractivity contribution is 7.80. The fourth-order valence-corrected chi connectivity index (χ4v) is 1.52. The quantitative estimate of drug-likeness (QED) is 0.668. The molecule has 0 saturated heterocycles. The third kappa shape index (κ3) is 3.12. The Kier molecular flexibility index (Phi) is 4.94. The molecule has 0 spiro atoms. The minimum Gasteiger partial charge on any atom is -0.493 e. The van der Waals surface area contributed by atoms with Crippen LogP contribution in [0.3, 0.4) is 0 Å². The molecule has 4 heteroatoms. The zero-order valence-electron chi connectivity index (χ0n) is 8.63. The Labute approximate surface area is 95.1 Å². The highest BCUT2D eigenvalue weighted by Crippen LogP contribution is 2.27. The smallest absolute Gasteiger partial charge is 0.125 e. The summed E-state index contributed by atoms with van der Waals surface area (Å²) >= 11 is 3.94. The minimum atomic E-state index is -0.953. The van der Waals surface area contributed by atoms with Gasteiger partial charge in [0.1, 0.15) is 11.9 Å². The van der Waals surface area contributed by atoms with Crippen LogP contribution in [-0.2, 0) is 0 Å². The van der Waals surface area contributed by atoms with Gasteiger partial charge < -0.3 is 14.9 Å². The Morgan fingerprint density at radius 2 is 2.00 bits per heavy atom. The SMILES string of the molecule is CCOc1ccccc1C(O)C(O)CS. The van der Waals surface area contributed by atoms with Gasteiger partial charge in [0.2, 0.25) is 0 Å². The molecule has 0 aromatic heterocycles. The van der Waals surface area contributed by atoms with Gasteiger partial charge in [0.25, 0.3) is 0 Å². The van der Waals surface area contributed by atoms with Gasteiger partial charge in [0.15, 0.2) is 0 Å². The van der Waals surface area contributed by atoms with Gasteiger partial charge >= 0.3 is 0 Å². The molecule has 3 nitrogen and oxygen atoms in total.